The summed E-state index contributed by atoms with van der Waals surface area (Å²) in [6.45, 7) is 1.50. The van der Waals surface area contributed by atoms with Crippen molar-refractivity contribution < 1.29 is 4.79 Å². The van der Waals surface area contributed by atoms with Gasteiger partial charge in [-0.1, -0.05) is 5.21 Å². The summed E-state index contributed by atoms with van der Waals surface area (Å²) in [5.41, 5.74) is 0. The highest BCUT2D eigenvalue weighted by Gasteiger charge is 2.24. The minimum absolute atomic E-state index is 0.0144. The van der Waals surface area contributed by atoms with Crippen LogP contribution in [0.2, 0.25) is 0 Å². The molecular formula is C12H15N5OS. The van der Waals surface area contributed by atoms with E-state index in [0.29, 0.717) is 6.04 Å². The van der Waals surface area contributed by atoms with Crippen molar-refractivity contribution in [3.63, 3.8) is 0 Å². The molecule has 3 rings (SSSR count). The Kier molecular flexibility index (Phi) is 3.45. The summed E-state index contributed by atoms with van der Waals surface area (Å²) < 4.78 is 1.88. The lowest BCUT2D eigenvalue weighted by Crippen LogP contribution is -2.41. The van der Waals surface area contributed by atoms with Crippen LogP contribution in [0.1, 0.15) is 18.9 Å². The molecule has 1 saturated heterocycles. The van der Waals surface area contributed by atoms with Gasteiger partial charge in [0.25, 0.3) is 0 Å². The van der Waals surface area contributed by atoms with Crippen molar-refractivity contribution in [3.8, 4) is 0 Å². The van der Waals surface area contributed by atoms with Crippen molar-refractivity contribution in [1.29, 1.82) is 0 Å². The number of hydrogen-bond donors (Lipinski definition) is 1. The number of rotatable bonds is 2. The van der Waals surface area contributed by atoms with E-state index in [0.717, 1.165) is 30.9 Å². The number of piperidine rings is 1. The van der Waals surface area contributed by atoms with Gasteiger partial charge in [0, 0.05) is 19.3 Å². The average molecular weight is 277 g/mol. The molecule has 0 radical (unpaired) electrons. The number of urea groups is 1. The van der Waals surface area contributed by atoms with Crippen LogP contribution in [0.5, 0.6) is 0 Å². The largest absolute Gasteiger partial charge is 0.324 e. The second kappa shape index (κ2) is 5.40. The number of thiophene rings is 1. The highest BCUT2D eigenvalue weighted by Crippen LogP contribution is 2.22. The van der Waals surface area contributed by atoms with Crippen LogP contribution in [-0.2, 0) is 0 Å². The maximum absolute atomic E-state index is 12.0. The van der Waals surface area contributed by atoms with Crippen LogP contribution in [0.3, 0.4) is 0 Å². The summed E-state index contributed by atoms with van der Waals surface area (Å²) in [4.78, 5) is 13.9. The number of hydrogen-bond acceptors (Lipinski definition) is 4. The summed E-state index contributed by atoms with van der Waals surface area (Å²) in [6.07, 6.45) is 5.41. The van der Waals surface area contributed by atoms with E-state index in [2.05, 4.69) is 15.6 Å². The van der Waals surface area contributed by atoms with Crippen LogP contribution >= 0.6 is 11.3 Å². The van der Waals surface area contributed by atoms with Gasteiger partial charge in [0.05, 0.1) is 17.2 Å². The van der Waals surface area contributed by atoms with Gasteiger partial charge in [0.1, 0.15) is 0 Å². The van der Waals surface area contributed by atoms with Gasteiger partial charge < -0.3 is 4.90 Å². The zero-order valence-corrected chi connectivity index (χ0v) is 11.2. The fourth-order valence-electron chi connectivity index (χ4n) is 2.28. The Morgan fingerprint density at radius 3 is 2.89 bits per heavy atom. The van der Waals surface area contributed by atoms with Crippen LogP contribution in [0, 0.1) is 0 Å². The molecule has 100 valence electrons. The van der Waals surface area contributed by atoms with Crippen LogP contribution < -0.4 is 5.32 Å². The Morgan fingerprint density at radius 1 is 1.42 bits per heavy atom. The highest BCUT2D eigenvalue weighted by atomic mass is 32.1. The molecule has 0 unspecified atom stereocenters. The molecule has 1 fully saturated rings. The molecule has 0 saturated carbocycles. The van der Waals surface area contributed by atoms with E-state index in [4.69, 9.17) is 0 Å². The molecule has 19 heavy (non-hydrogen) atoms. The molecule has 2 aromatic heterocycles. The van der Waals surface area contributed by atoms with Gasteiger partial charge >= 0.3 is 6.03 Å². The van der Waals surface area contributed by atoms with E-state index >= 15 is 0 Å². The third-order valence-electron chi connectivity index (χ3n) is 3.32. The van der Waals surface area contributed by atoms with Gasteiger partial charge in [-0.2, -0.15) is 0 Å². The number of anilines is 1. The lowest BCUT2D eigenvalue weighted by molar-refractivity contribution is 0.180. The van der Waals surface area contributed by atoms with E-state index in [-0.39, 0.29) is 6.03 Å². The Labute approximate surface area is 115 Å². The quantitative estimate of drug-likeness (QED) is 0.915. The highest BCUT2D eigenvalue weighted by molar-refractivity contribution is 7.14. The summed E-state index contributed by atoms with van der Waals surface area (Å²) in [5.74, 6) is 0. The predicted molar refractivity (Wildman–Crippen MR) is 73.2 cm³/mol. The number of likely N-dealkylation sites (tertiary alicyclic amines) is 1. The van der Waals surface area contributed by atoms with Gasteiger partial charge in [-0.15, -0.1) is 16.4 Å². The van der Waals surface area contributed by atoms with Crippen LogP contribution in [0.4, 0.5) is 9.80 Å². The van der Waals surface area contributed by atoms with E-state index in [1.54, 1.807) is 6.20 Å². The molecule has 3 heterocycles. The molecule has 2 aromatic rings. The minimum atomic E-state index is -0.0144. The zero-order valence-electron chi connectivity index (χ0n) is 10.4. The number of nitrogens with one attached hydrogen (secondary N) is 1. The van der Waals surface area contributed by atoms with Gasteiger partial charge in [0.2, 0.25) is 0 Å². The normalized spacial score (nSPS) is 16.5. The van der Waals surface area contributed by atoms with Crippen molar-refractivity contribution in [2.75, 3.05) is 18.4 Å². The first-order valence-electron chi connectivity index (χ1n) is 6.28. The van der Waals surface area contributed by atoms with Crippen LogP contribution in [0.15, 0.2) is 29.9 Å². The Morgan fingerprint density at radius 2 is 2.26 bits per heavy atom. The number of aromatic nitrogens is 3. The molecule has 1 aliphatic rings. The number of carbonyl (C=O) groups is 1. The molecule has 0 aliphatic carbocycles. The van der Waals surface area contributed by atoms with Crippen molar-refractivity contribution in [2.45, 2.75) is 18.9 Å². The third kappa shape index (κ3) is 2.76. The smallest absolute Gasteiger partial charge is 0.322 e. The first-order chi connectivity index (χ1) is 9.33. The summed E-state index contributed by atoms with van der Waals surface area (Å²) in [7, 11) is 0. The molecule has 0 aromatic carbocycles. The molecule has 1 N–H and O–H groups in total. The maximum Gasteiger partial charge on any atom is 0.322 e. The van der Waals surface area contributed by atoms with Gasteiger partial charge in [-0.05, 0) is 30.4 Å². The van der Waals surface area contributed by atoms with Gasteiger partial charge in [0.15, 0.2) is 0 Å². The SMILES string of the molecule is O=C(Nc1cccs1)N1CCC(n2ccnn2)CC1. The molecule has 0 spiro atoms. The Balaban J connectivity index is 1.54. The molecular weight excluding hydrogens is 262 g/mol. The molecule has 1 aliphatic heterocycles. The number of carbonyl (C=O) groups excluding carboxylic acids is 1. The van der Waals surface area contributed by atoms with Crippen molar-refractivity contribution in [3.05, 3.63) is 29.9 Å². The van der Waals surface area contributed by atoms with Crippen LogP contribution in [0.25, 0.3) is 0 Å². The minimum Gasteiger partial charge on any atom is -0.324 e. The molecule has 6 nitrogen and oxygen atoms in total. The number of nitrogens with zero attached hydrogens (tertiary/aromatic N) is 4. The summed E-state index contributed by atoms with van der Waals surface area (Å²) >= 11 is 1.53. The third-order valence-corrected chi connectivity index (χ3v) is 4.10. The Hall–Kier alpha value is -1.89. The van der Waals surface area contributed by atoms with E-state index < -0.39 is 0 Å². The predicted octanol–water partition coefficient (Wildman–Crippen LogP) is 2.21. The lowest BCUT2D eigenvalue weighted by Gasteiger charge is -2.31. The zero-order chi connectivity index (χ0) is 13.1. The summed E-state index contributed by atoms with van der Waals surface area (Å²) in [6, 6.07) is 4.18. The van der Waals surface area contributed by atoms with Crippen molar-refractivity contribution in [2.24, 2.45) is 0 Å². The number of amides is 2. The standard InChI is InChI=1S/C12H15N5OS/c18-12(14-11-2-1-9-19-11)16-6-3-10(4-7-16)17-8-5-13-15-17/h1-2,5,8-10H,3-4,6-7H2,(H,14,18). The van der Waals surface area contributed by atoms with E-state index in [1.165, 1.54) is 11.3 Å². The first-order valence-corrected chi connectivity index (χ1v) is 7.16. The average Bonchev–Trinajstić information content (AvgIpc) is 3.12. The van der Waals surface area contributed by atoms with Gasteiger partial charge in [-0.25, -0.2) is 9.48 Å². The fourth-order valence-corrected chi connectivity index (χ4v) is 2.89. The first kappa shape index (κ1) is 12.2. The van der Waals surface area contributed by atoms with Crippen molar-refractivity contribution >= 4 is 22.4 Å². The maximum atomic E-state index is 12.0. The lowest BCUT2D eigenvalue weighted by atomic mass is 10.1. The van der Waals surface area contributed by atoms with Gasteiger partial charge in [-0.3, -0.25) is 5.32 Å². The van der Waals surface area contributed by atoms with E-state index in [9.17, 15) is 4.79 Å². The summed E-state index contributed by atoms with van der Waals surface area (Å²) in [5, 5.41) is 13.6. The van der Waals surface area contributed by atoms with Crippen molar-refractivity contribution in [1.82, 2.24) is 19.9 Å². The molecule has 2 amide bonds. The van der Waals surface area contributed by atoms with E-state index in [1.807, 2.05) is 33.3 Å². The van der Waals surface area contributed by atoms with Crippen LogP contribution in [-0.4, -0.2) is 39.0 Å². The monoisotopic (exact) mass is 277 g/mol. The fraction of sp³-hybridized carbons (Fsp3) is 0.417. The Bertz CT molecular complexity index is 516. The second-order valence-electron chi connectivity index (χ2n) is 4.51. The molecule has 0 atom stereocenters. The topological polar surface area (TPSA) is 63.1 Å². The molecule has 0 bridgehead atoms. The molecule has 7 heteroatoms. The second-order valence-corrected chi connectivity index (χ2v) is 5.46.